The number of allylic oxidation sites excluding steroid dienone is 1. The number of hydrogen-bond acceptors (Lipinski definition) is 9. The summed E-state index contributed by atoms with van der Waals surface area (Å²) in [7, 11) is 0. The predicted molar refractivity (Wildman–Crippen MR) is 97.0 cm³/mol. The zero-order valence-corrected chi connectivity index (χ0v) is 16.2. The summed E-state index contributed by atoms with van der Waals surface area (Å²) in [5.41, 5.74) is -2.27. The molecule has 28 heavy (non-hydrogen) atoms. The van der Waals surface area contributed by atoms with Gasteiger partial charge in [-0.1, -0.05) is 19.9 Å². The molecule has 160 valence electrons. The second-order valence-corrected chi connectivity index (χ2v) is 8.02. The highest BCUT2D eigenvalue weighted by molar-refractivity contribution is 5.93. The quantitative estimate of drug-likeness (QED) is 0.288. The lowest BCUT2D eigenvalue weighted by Gasteiger charge is -2.44. The average molecular weight is 402 g/mol. The monoisotopic (exact) mass is 402 g/mol. The zero-order valence-electron chi connectivity index (χ0n) is 16.2. The molecular formula is C19H30O9. The Morgan fingerprint density at radius 1 is 1.25 bits per heavy atom. The van der Waals surface area contributed by atoms with Gasteiger partial charge in [0.2, 0.25) is 0 Å². The number of rotatable bonds is 6. The van der Waals surface area contributed by atoms with Crippen LogP contribution in [0.5, 0.6) is 0 Å². The van der Waals surface area contributed by atoms with Crippen LogP contribution in [0.2, 0.25) is 0 Å². The van der Waals surface area contributed by atoms with E-state index in [1.54, 1.807) is 20.8 Å². The zero-order chi connectivity index (χ0) is 21.3. The summed E-state index contributed by atoms with van der Waals surface area (Å²) in [6.07, 6.45) is -3.43. The van der Waals surface area contributed by atoms with E-state index < -0.39 is 61.0 Å². The highest BCUT2D eigenvalue weighted by Gasteiger charge is 2.48. The summed E-state index contributed by atoms with van der Waals surface area (Å²) in [5.74, 6) is -0.183. The fourth-order valence-corrected chi connectivity index (χ4v) is 3.57. The Labute approximate surface area is 163 Å². The van der Waals surface area contributed by atoms with Crippen molar-refractivity contribution in [3.63, 3.8) is 0 Å². The molecule has 7 atom stereocenters. The molecule has 1 fully saturated rings. The molecular weight excluding hydrogens is 372 g/mol. The van der Waals surface area contributed by atoms with E-state index in [9.17, 15) is 35.4 Å². The van der Waals surface area contributed by atoms with Crippen LogP contribution in [0.15, 0.2) is 23.8 Å². The molecule has 2 aliphatic rings. The third-order valence-corrected chi connectivity index (χ3v) is 5.45. The topological polar surface area (TPSA) is 157 Å². The van der Waals surface area contributed by atoms with Gasteiger partial charge in [-0.15, -0.1) is 0 Å². The van der Waals surface area contributed by atoms with Gasteiger partial charge in [-0.3, -0.25) is 4.79 Å². The molecule has 0 radical (unpaired) electrons. The predicted octanol–water partition coefficient (Wildman–Crippen LogP) is -1.60. The number of carbonyl (C=O) groups excluding carboxylic acids is 1. The van der Waals surface area contributed by atoms with Crippen LogP contribution in [0.3, 0.4) is 0 Å². The molecule has 0 aromatic carbocycles. The highest BCUT2D eigenvalue weighted by atomic mass is 16.7. The summed E-state index contributed by atoms with van der Waals surface area (Å²) >= 11 is 0. The molecule has 0 bridgehead atoms. The van der Waals surface area contributed by atoms with E-state index >= 15 is 0 Å². The molecule has 1 aliphatic carbocycles. The first-order chi connectivity index (χ1) is 13.0. The fourth-order valence-electron chi connectivity index (χ4n) is 3.57. The molecule has 0 amide bonds. The van der Waals surface area contributed by atoms with Gasteiger partial charge in [0.25, 0.3) is 0 Å². The van der Waals surface area contributed by atoms with Crippen molar-refractivity contribution in [2.75, 3.05) is 13.2 Å². The molecule has 6 N–H and O–H groups in total. The van der Waals surface area contributed by atoms with Gasteiger partial charge in [-0.25, -0.2) is 0 Å². The Morgan fingerprint density at radius 2 is 1.89 bits per heavy atom. The number of ketones is 1. The highest BCUT2D eigenvalue weighted by Crippen LogP contribution is 2.44. The van der Waals surface area contributed by atoms with Crippen LogP contribution < -0.4 is 0 Å². The third kappa shape index (κ3) is 4.37. The number of carbonyl (C=O) groups is 1. The fraction of sp³-hybridized carbons (Fsp3) is 0.737. The number of aliphatic hydroxyl groups excluding tert-OH is 5. The Morgan fingerprint density at radius 3 is 2.46 bits per heavy atom. The lowest BCUT2D eigenvalue weighted by molar-refractivity contribution is -0.306. The Hall–Kier alpha value is -1.17. The van der Waals surface area contributed by atoms with Crippen LogP contribution in [0, 0.1) is 5.41 Å². The lowest BCUT2D eigenvalue weighted by Crippen LogP contribution is -2.59. The van der Waals surface area contributed by atoms with Crippen LogP contribution in [0.4, 0.5) is 0 Å². The molecule has 1 saturated heterocycles. The average Bonchev–Trinajstić information content (AvgIpc) is 2.63. The van der Waals surface area contributed by atoms with Gasteiger partial charge in [0.05, 0.1) is 19.3 Å². The van der Waals surface area contributed by atoms with Crippen molar-refractivity contribution in [2.45, 2.75) is 69.6 Å². The van der Waals surface area contributed by atoms with E-state index in [0.29, 0.717) is 0 Å². The third-order valence-electron chi connectivity index (χ3n) is 5.45. The van der Waals surface area contributed by atoms with Crippen molar-refractivity contribution >= 4 is 5.78 Å². The van der Waals surface area contributed by atoms with Gasteiger partial charge in [0.15, 0.2) is 12.1 Å². The standard InChI is InChI=1S/C19H30O9/c1-10(27-17-16(25)15(24)14(23)13(9-21)28-17)4-5-19(26)11(8-20)6-12(22)7-18(19,2)3/h4-6,10,13-17,20-21,23-26H,7-9H2,1-3H3. The van der Waals surface area contributed by atoms with E-state index in [2.05, 4.69) is 0 Å². The maximum Gasteiger partial charge on any atom is 0.187 e. The SMILES string of the molecule is CC(C=CC1(O)C(CO)=CC(=O)CC1(C)C)OC1OC(CO)C(O)C(O)C1O. The van der Waals surface area contributed by atoms with Crippen LogP contribution >= 0.6 is 0 Å². The second-order valence-electron chi connectivity index (χ2n) is 8.02. The molecule has 9 nitrogen and oxygen atoms in total. The van der Waals surface area contributed by atoms with E-state index in [0.717, 1.165) is 0 Å². The minimum absolute atomic E-state index is 0.0965. The molecule has 0 aromatic rings. The van der Waals surface area contributed by atoms with E-state index in [-0.39, 0.29) is 17.8 Å². The second kappa shape index (κ2) is 8.68. The van der Waals surface area contributed by atoms with Crippen LogP contribution in [0.25, 0.3) is 0 Å². The Balaban J connectivity index is 2.15. The van der Waals surface area contributed by atoms with Crippen molar-refractivity contribution in [1.29, 1.82) is 0 Å². The summed E-state index contributed by atoms with van der Waals surface area (Å²) in [6, 6.07) is 0. The van der Waals surface area contributed by atoms with Gasteiger partial charge in [-0.05, 0) is 24.6 Å². The normalized spacial score (nSPS) is 39.8. The van der Waals surface area contributed by atoms with Gasteiger partial charge in [0, 0.05) is 11.8 Å². The van der Waals surface area contributed by atoms with Crippen LogP contribution in [-0.4, -0.2) is 92.0 Å². The molecule has 0 spiro atoms. The smallest absolute Gasteiger partial charge is 0.187 e. The summed E-state index contributed by atoms with van der Waals surface area (Å²) < 4.78 is 10.8. The summed E-state index contributed by atoms with van der Waals surface area (Å²) in [5, 5.41) is 59.6. The van der Waals surface area contributed by atoms with Crippen molar-refractivity contribution in [1.82, 2.24) is 0 Å². The van der Waals surface area contributed by atoms with E-state index in [4.69, 9.17) is 9.47 Å². The Bertz CT molecular complexity index is 627. The van der Waals surface area contributed by atoms with E-state index in [1.807, 2.05) is 0 Å². The van der Waals surface area contributed by atoms with Crippen molar-refractivity contribution in [2.24, 2.45) is 5.41 Å². The molecule has 0 aromatic heterocycles. The molecule has 7 unspecified atom stereocenters. The molecule has 0 saturated carbocycles. The largest absolute Gasteiger partial charge is 0.394 e. The van der Waals surface area contributed by atoms with Crippen LogP contribution in [0.1, 0.15) is 27.2 Å². The number of aliphatic hydroxyl groups is 6. The van der Waals surface area contributed by atoms with Gasteiger partial charge in [-0.2, -0.15) is 0 Å². The molecule has 9 heteroatoms. The van der Waals surface area contributed by atoms with Crippen LogP contribution in [-0.2, 0) is 14.3 Å². The maximum atomic E-state index is 11.8. The Kier molecular flexibility index (Phi) is 7.17. The summed E-state index contributed by atoms with van der Waals surface area (Å²) in [4.78, 5) is 11.8. The minimum Gasteiger partial charge on any atom is -0.394 e. The summed E-state index contributed by atoms with van der Waals surface area (Å²) in [6.45, 7) is 3.96. The van der Waals surface area contributed by atoms with Gasteiger partial charge in [0.1, 0.15) is 30.0 Å². The molecule has 1 heterocycles. The first-order valence-corrected chi connectivity index (χ1v) is 9.19. The molecule has 1 aliphatic heterocycles. The first-order valence-electron chi connectivity index (χ1n) is 9.19. The molecule has 2 rings (SSSR count). The van der Waals surface area contributed by atoms with Gasteiger partial charge < -0.3 is 40.1 Å². The van der Waals surface area contributed by atoms with Gasteiger partial charge >= 0.3 is 0 Å². The lowest BCUT2D eigenvalue weighted by atomic mass is 9.64. The van der Waals surface area contributed by atoms with Crippen molar-refractivity contribution in [3.8, 4) is 0 Å². The van der Waals surface area contributed by atoms with Crippen molar-refractivity contribution < 1.29 is 44.9 Å². The van der Waals surface area contributed by atoms with Crippen molar-refractivity contribution in [3.05, 3.63) is 23.8 Å². The maximum absolute atomic E-state index is 11.8. The van der Waals surface area contributed by atoms with E-state index in [1.165, 1.54) is 18.2 Å². The number of ether oxygens (including phenoxy) is 2. The minimum atomic E-state index is -1.58. The number of hydrogen-bond donors (Lipinski definition) is 6. The first kappa shape index (κ1) is 23.1.